The third kappa shape index (κ3) is 4.97. The zero-order chi connectivity index (χ0) is 25.7. The van der Waals surface area contributed by atoms with Crippen molar-refractivity contribution in [2.24, 2.45) is 23.7 Å². The van der Waals surface area contributed by atoms with E-state index in [1.54, 1.807) is 0 Å². The Bertz CT molecular complexity index is 986. The largest absolute Gasteiger partial charge is 0.388 e. The Morgan fingerprint density at radius 3 is 0.806 bits per heavy atom. The molecule has 8 bridgehead atoms. The first kappa shape index (κ1) is 25.4. The van der Waals surface area contributed by atoms with Crippen molar-refractivity contribution in [3.8, 4) is 0 Å². The van der Waals surface area contributed by atoms with Crippen molar-refractivity contribution in [3.05, 3.63) is 93.2 Å². The van der Waals surface area contributed by atoms with Crippen LogP contribution in [0.3, 0.4) is 0 Å². The quantitative estimate of drug-likeness (QED) is 0.386. The van der Waals surface area contributed by atoms with Gasteiger partial charge in [-0.1, -0.05) is 70.9 Å². The van der Waals surface area contributed by atoms with Gasteiger partial charge in [-0.3, -0.25) is 0 Å². The third-order valence-electron chi connectivity index (χ3n) is 8.59. The SMILES string of the molecule is CC1=CC2CC3=CC(C)=CC(CC4=CC(C)=CC(CC5=CC(C)=CC(CC(=C1)C2O)C5O)C4O)C3O. The van der Waals surface area contributed by atoms with Crippen molar-refractivity contribution in [2.75, 3.05) is 0 Å². The molecule has 0 saturated heterocycles. The fraction of sp³-hybridized carbons (Fsp3) is 0.500. The summed E-state index contributed by atoms with van der Waals surface area (Å²) in [5.74, 6) is -0.499. The van der Waals surface area contributed by atoms with Crippen LogP contribution in [0.25, 0.3) is 0 Å². The molecule has 5 aliphatic carbocycles. The maximum atomic E-state index is 11.4. The average molecular weight is 489 g/mol. The van der Waals surface area contributed by atoms with Crippen molar-refractivity contribution in [1.29, 1.82) is 0 Å². The van der Waals surface area contributed by atoms with Gasteiger partial charge in [0.2, 0.25) is 0 Å². The van der Waals surface area contributed by atoms with Crippen LogP contribution in [-0.2, 0) is 0 Å². The number of hydrogen-bond donors (Lipinski definition) is 4. The van der Waals surface area contributed by atoms with Crippen LogP contribution in [0.5, 0.6) is 0 Å². The predicted octanol–water partition coefficient (Wildman–Crippen LogP) is 5.01. The Kier molecular flexibility index (Phi) is 6.99. The predicted molar refractivity (Wildman–Crippen MR) is 144 cm³/mol. The summed E-state index contributed by atoms with van der Waals surface area (Å²) in [6.07, 6.45) is 16.4. The number of allylic oxidation sites excluding steroid dienone is 8. The summed E-state index contributed by atoms with van der Waals surface area (Å²) in [6.45, 7) is 8.24. The van der Waals surface area contributed by atoms with Crippen LogP contribution in [0.1, 0.15) is 53.4 Å². The fourth-order valence-corrected chi connectivity index (χ4v) is 7.01. The summed E-state index contributed by atoms with van der Waals surface area (Å²) >= 11 is 0. The molecule has 4 nitrogen and oxygen atoms in total. The molecule has 0 aliphatic heterocycles. The van der Waals surface area contributed by atoms with E-state index in [1.807, 2.05) is 0 Å². The first-order valence-electron chi connectivity index (χ1n) is 13.4. The summed E-state index contributed by atoms with van der Waals surface area (Å²) in [5.41, 5.74) is 8.21. The lowest BCUT2D eigenvalue weighted by atomic mass is 9.72. The molecule has 0 radical (unpaired) electrons. The Balaban J connectivity index is 1.57. The second-order valence-corrected chi connectivity index (χ2v) is 11.8. The minimum absolute atomic E-state index is 0.125. The lowest BCUT2D eigenvalue weighted by Gasteiger charge is -2.37. The maximum absolute atomic E-state index is 11.4. The van der Waals surface area contributed by atoms with Gasteiger partial charge >= 0.3 is 0 Å². The molecule has 5 aliphatic rings. The van der Waals surface area contributed by atoms with E-state index in [1.165, 1.54) is 0 Å². The molecule has 0 aromatic rings. The first-order valence-corrected chi connectivity index (χ1v) is 13.4. The van der Waals surface area contributed by atoms with Crippen LogP contribution >= 0.6 is 0 Å². The van der Waals surface area contributed by atoms with Crippen molar-refractivity contribution in [2.45, 2.75) is 77.8 Å². The van der Waals surface area contributed by atoms with Crippen molar-refractivity contribution in [1.82, 2.24) is 0 Å². The molecule has 4 N–H and O–H groups in total. The van der Waals surface area contributed by atoms with E-state index in [-0.39, 0.29) is 23.7 Å². The highest BCUT2D eigenvalue weighted by atomic mass is 16.3. The monoisotopic (exact) mass is 488 g/mol. The third-order valence-corrected chi connectivity index (χ3v) is 8.59. The zero-order valence-electron chi connectivity index (χ0n) is 21.9. The molecule has 0 amide bonds. The molecule has 36 heavy (non-hydrogen) atoms. The molecule has 8 atom stereocenters. The van der Waals surface area contributed by atoms with Gasteiger partial charge in [-0.25, -0.2) is 0 Å². The molecule has 0 aromatic carbocycles. The number of fused-ring (bicyclic) bond motifs is 8. The van der Waals surface area contributed by atoms with Crippen LogP contribution in [0.4, 0.5) is 0 Å². The van der Waals surface area contributed by atoms with Gasteiger partial charge in [-0.2, -0.15) is 0 Å². The molecule has 192 valence electrons. The van der Waals surface area contributed by atoms with Crippen LogP contribution in [0.15, 0.2) is 93.2 Å². The molecule has 0 spiro atoms. The van der Waals surface area contributed by atoms with Crippen LogP contribution in [0.2, 0.25) is 0 Å². The number of aliphatic hydroxyl groups excluding tert-OH is 4. The number of aliphatic hydroxyl groups is 4. The van der Waals surface area contributed by atoms with Gasteiger partial charge in [0.25, 0.3) is 0 Å². The summed E-state index contributed by atoms with van der Waals surface area (Å²) < 4.78 is 0. The van der Waals surface area contributed by atoms with Crippen LogP contribution in [0, 0.1) is 23.7 Å². The molecule has 0 heterocycles. The van der Waals surface area contributed by atoms with Gasteiger partial charge in [0.05, 0.1) is 24.4 Å². The van der Waals surface area contributed by atoms with E-state index in [0.717, 1.165) is 44.6 Å². The molecular weight excluding hydrogens is 448 g/mol. The zero-order valence-corrected chi connectivity index (χ0v) is 21.9. The van der Waals surface area contributed by atoms with Gasteiger partial charge < -0.3 is 20.4 Å². The highest BCUT2D eigenvalue weighted by Crippen LogP contribution is 2.42. The molecule has 8 unspecified atom stereocenters. The van der Waals surface area contributed by atoms with E-state index < -0.39 is 24.4 Å². The Morgan fingerprint density at radius 2 is 0.611 bits per heavy atom. The highest BCUT2D eigenvalue weighted by Gasteiger charge is 2.37. The normalized spacial score (nSPS) is 38.9. The van der Waals surface area contributed by atoms with Gasteiger partial charge in [0.1, 0.15) is 0 Å². The summed E-state index contributed by atoms with van der Waals surface area (Å²) in [6, 6.07) is 0. The second kappa shape index (κ2) is 9.90. The van der Waals surface area contributed by atoms with Crippen molar-refractivity contribution in [3.63, 3.8) is 0 Å². The minimum atomic E-state index is -0.649. The lowest BCUT2D eigenvalue weighted by molar-refractivity contribution is 0.110. The Hall–Kier alpha value is -2.24. The summed E-state index contributed by atoms with van der Waals surface area (Å²) in [5, 5.41) is 45.6. The van der Waals surface area contributed by atoms with E-state index in [2.05, 4.69) is 76.3 Å². The maximum Gasteiger partial charge on any atom is 0.0819 e. The Morgan fingerprint density at radius 1 is 0.417 bits per heavy atom. The number of hydrogen-bond acceptors (Lipinski definition) is 4. The minimum Gasteiger partial charge on any atom is -0.388 e. The van der Waals surface area contributed by atoms with Crippen LogP contribution in [-0.4, -0.2) is 44.8 Å². The first-order chi connectivity index (χ1) is 17.1. The van der Waals surface area contributed by atoms with E-state index in [4.69, 9.17) is 0 Å². The van der Waals surface area contributed by atoms with Crippen molar-refractivity contribution < 1.29 is 20.4 Å². The van der Waals surface area contributed by atoms with Gasteiger partial charge in [0, 0.05) is 23.7 Å². The average Bonchev–Trinajstić information content (AvgIpc) is 2.80. The smallest absolute Gasteiger partial charge is 0.0819 e. The fourth-order valence-electron chi connectivity index (χ4n) is 7.01. The molecule has 0 aromatic heterocycles. The standard InChI is InChI=1S/C32H40O4/c1-17-5-21-13-23-7-18(2)9-25(30(23)34)15-27-11-20(4)12-28(32(27)36)16-26-10-19(3)8-24(31(26)35)14-22(6-17)29(21)33/h5-12,21,24-25,28-36H,13-16H2,1-4H3. The molecule has 1 saturated carbocycles. The van der Waals surface area contributed by atoms with E-state index >= 15 is 0 Å². The summed E-state index contributed by atoms with van der Waals surface area (Å²) in [7, 11) is 0. The van der Waals surface area contributed by atoms with Gasteiger partial charge in [0.15, 0.2) is 0 Å². The summed E-state index contributed by atoms with van der Waals surface area (Å²) in [4.78, 5) is 0. The van der Waals surface area contributed by atoms with E-state index in [0.29, 0.717) is 25.7 Å². The molecule has 4 heteroatoms. The van der Waals surface area contributed by atoms with Crippen LogP contribution < -0.4 is 0 Å². The molecule has 1 fully saturated rings. The van der Waals surface area contributed by atoms with E-state index in [9.17, 15) is 20.4 Å². The Labute approximate surface area is 215 Å². The van der Waals surface area contributed by atoms with Gasteiger partial charge in [-0.15, -0.1) is 0 Å². The van der Waals surface area contributed by atoms with Gasteiger partial charge in [-0.05, 0) is 75.7 Å². The second-order valence-electron chi connectivity index (χ2n) is 11.8. The molecule has 5 rings (SSSR count). The highest BCUT2D eigenvalue weighted by molar-refractivity contribution is 5.41. The lowest BCUT2D eigenvalue weighted by Crippen LogP contribution is -2.35. The number of rotatable bonds is 0. The molecular formula is C32H40O4. The topological polar surface area (TPSA) is 80.9 Å². The van der Waals surface area contributed by atoms with Crippen molar-refractivity contribution >= 4 is 0 Å².